The highest BCUT2D eigenvalue weighted by molar-refractivity contribution is 7.79. The number of pyridine rings is 1. The Labute approximate surface area is 177 Å². The minimum atomic E-state index is -2.18. The van der Waals surface area contributed by atoms with Crippen molar-refractivity contribution < 1.29 is 18.0 Å². The molecule has 5 rings (SSSR count). The highest BCUT2D eigenvalue weighted by atomic mass is 32.2. The molecule has 30 heavy (non-hydrogen) atoms. The van der Waals surface area contributed by atoms with E-state index in [0.29, 0.717) is 31.2 Å². The number of hydrogen-bond acceptors (Lipinski definition) is 7. The van der Waals surface area contributed by atoms with Gasteiger partial charge in [0.05, 0.1) is 11.5 Å². The summed E-state index contributed by atoms with van der Waals surface area (Å²) in [5.74, 6) is 1.24. The SMILES string of the molecule is CC1(C)C2CCC1(C(N1CCCC1c1nnc(-c3ccncc3)o1)S(=O)O)C(=O)C2. The van der Waals surface area contributed by atoms with Crippen LogP contribution in [0.25, 0.3) is 11.5 Å². The van der Waals surface area contributed by atoms with Crippen molar-refractivity contribution in [1.29, 1.82) is 0 Å². The lowest BCUT2D eigenvalue weighted by Crippen LogP contribution is -2.56. The monoisotopic (exact) mass is 430 g/mol. The molecule has 0 aromatic carbocycles. The molecule has 2 aromatic heterocycles. The van der Waals surface area contributed by atoms with Gasteiger partial charge < -0.3 is 8.97 Å². The Balaban J connectivity index is 1.52. The van der Waals surface area contributed by atoms with Gasteiger partial charge in [0.2, 0.25) is 11.8 Å². The first-order valence-electron chi connectivity index (χ1n) is 10.5. The van der Waals surface area contributed by atoms with Gasteiger partial charge in [0.15, 0.2) is 11.1 Å². The standard InChI is InChI=1S/C21H26N4O4S/c1-20(2)14-5-8-21(20,16(26)12-14)19(30(27)28)25-11-3-4-15(25)18-24-23-17(29-18)13-6-9-22-10-7-13/h6-7,9-10,14-15,19H,3-5,8,11-12H2,1-2H3,(H,27,28). The average Bonchev–Trinajstić information content (AvgIpc) is 3.46. The molecular weight excluding hydrogens is 404 g/mol. The summed E-state index contributed by atoms with van der Waals surface area (Å²) in [6, 6.07) is 3.33. The maximum Gasteiger partial charge on any atom is 0.247 e. The van der Waals surface area contributed by atoms with E-state index in [9.17, 15) is 13.6 Å². The topological polar surface area (TPSA) is 109 Å². The zero-order valence-electron chi connectivity index (χ0n) is 17.2. The van der Waals surface area contributed by atoms with E-state index in [-0.39, 0.29) is 23.2 Å². The summed E-state index contributed by atoms with van der Waals surface area (Å²) in [4.78, 5) is 19.2. The van der Waals surface area contributed by atoms with Gasteiger partial charge in [0.25, 0.3) is 0 Å². The fraction of sp³-hybridized carbons (Fsp3) is 0.619. The lowest BCUT2D eigenvalue weighted by molar-refractivity contribution is -0.132. The molecular formula is C21H26N4O4S. The van der Waals surface area contributed by atoms with Gasteiger partial charge in [-0.3, -0.25) is 14.7 Å². The van der Waals surface area contributed by atoms with Gasteiger partial charge >= 0.3 is 0 Å². The molecule has 2 aliphatic carbocycles. The van der Waals surface area contributed by atoms with E-state index in [1.54, 1.807) is 24.5 Å². The molecule has 1 saturated heterocycles. The lowest BCUT2D eigenvalue weighted by atomic mass is 9.68. The fourth-order valence-corrected chi connectivity index (χ4v) is 7.56. The van der Waals surface area contributed by atoms with Crippen molar-refractivity contribution in [2.45, 2.75) is 57.4 Å². The molecule has 0 amide bonds. The first kappa shape index (κ1) is 20.0. The van der Waals surface area contributed by atoms with E-state index in [2.05, 4.69) is 29.0 Å². The van der Waals surface area contributed by atoms with Crippen molar-refractivity contribution >= 4 is 16.9 Å². The van der Waals surface area contributed by atoms with E-state index in [4.69, 9.17) is 4.42 Å². The Morgan fingerprint density at radius 1 is 1.27 bits per heavy atom. The number of carbonyl (C=O) groups excluding carboxylic acids is 1. The molecule has 3 heterocycles. The predicted molar refractivity (Wildman–Crippen MR) is 109 cm³/mol. The van der Waals surface area contributed by atoms with E-state index in [0.717, 1.165) is 24.8 Å². The number of Topliss-reactive ketones (excluding diaryl/α,β-unsaturated/α-hetero) is 1. The van der Waals surface area contributed by atoms with Gasteiger partial charge in [-0.25, -0.2) is 4.21 Å². The van der Waals surface area contributed by atoms with E-state index in [1.807, 2.05) is 4.90 Å². The van der Waals surface area contributed by atoms with E-state index in [1.165, 1.54) is 0 Å². The molecule has 2 aromatic rings. The summed E-state index contributed by atoms with van der Waals surface area (Å²) in [6.45, 7) is 4.81. The van der Waals surface area contributed by atoms with Crippen molar-refractivity contribution in [2.24, 2.45) is 16.7 Å². The quantitative estimate of drug-likeness (QED) is 0.720. The van der Waals surface area contributed by atoms with Crippen LogP contribution in [0.3, 0.4) is 0 Å². The van der Waals surface area contributed by atoms with Crippen molar-refractivity contribution in [2.75, 3.05) is 6.54 Å². The molecule has 0 spiro atoms. The van der Waals surface area contributed by atoms with Gasteiger partial charge in [-0.15, -0.1) is 10.2 Å². The van der Waals surface area contributed by atoms with Crippen LogP contribution in [0.5, 0.6) is 0 Å². The van der Waals surface area contributed by atoms with Crippen molar-refractivity contribution in [3.05, 3.63) is 30.4 Å². The van der Waals surface area contributed by atoms with Crippen molar-refractivity contribution in [1.82, 2.24) is 20.1 Å². The third kappa shape index (κ3) is 2.68. The molecule has 160 valence electrons. The van der Waals surface area contributed by atoms with Crippen LogP contribution in [0, 0.1) is 16.7 Å². The van der Waals surface area contributed by atoms with Gasteiger partial charge in [0.1, 0.15) is 11.2 Å². The minimum absolute atomic E-state index is 0.129. The van der Waals surface area contributed by atoms with Crippen LogP contribution < -0.4 is 0 Å². The summed E-state index contributed by atoms with van der Waals surface area (Å²) in [5, 5.41) is 7.68. The van der Waals surface area contributed by atoms with Gasteiger partial charge in [-0.1, -0.05) is 13.8 Å². The molecule has 3 aliphatic rings. The van der Waals surface area contributed by atoms with Crippen LogP contribution in [-0.4, -0.2) is 46.5 Å². The summed E-state index contributed by atoms with van der Waals surface area (Å²) >= 11 is -2.18. The summed E-state index contributed by atoms with van der Waals surface area (Å²) in [7, 11) is 0. The molecule has 2 bridgehead atoms. The van der Waals surface area contributed by atoms with Gasteiger partial charge in [-0.05, 0) is 49.1 Å². The number of ketones is 1. The van der Waals surface area contributed by atoms with E-state index >= 15 is 0 Å². The summed E-state index contributed by atoms with van der Waals surface area (Å²) in [6.07, 6.45) is 7.02. The molecule has 5 atom stereocenters. The number of likely N-dealkylation sites (tertiary alicyclic amines) is 1. The Hall–Kier alpha value is -1.97. The molecule has 8 nitrogen and oxygen atoms in total. The Morgan fingerprint density at radius 3 is 2.67 bits per heavy atom. The first-order chi connectivity index (χ1) is 14.4. The zero-order chi connectivity index (χ0) is 21.1. The smallest absolute Gasteiger partial charge is 0.247 e. The van der Waals surface area contributed by atoms with Crippen molar-refractivity contribution in [3.8, 4) is 11.5 Å². The van der Waals surface area contributed by atoms with Gasteiger partial charge in [0, 0.05) is 30.9 Å². The second-order valence-corrected chi connectivity index (χ2v) is 10.3. The van der Waals surface area contributed by atoms with Crippen LogP contribution >= 0.6 is 0 Å². The average molecular weight is 431 g/mol. The second kappa shape index (κ2) is 7.03. The molecule has 1 N–H and O–H groups in total. The molecule has 9 heteroatoms. The van der Waals surface area contributed by atoms with Gasteiger partial charge in [-0.2, -0.15) is 0 Å². The van der Waals surface area contributed by atoms with Crippen LogP contribution in [-0.2, 0) is 15.9 Å². The fourth-order valence-electron chi connectivity index (χ4n) is 6.18. The Kier molecular flexibility index (Phi) is 4.68. The Morgan fingerprint density at radius 2 is 2.03 bits per heavy atom. The summed E-state index contributed by atoms with van der Waals surface area (Å²) < 4.78 is 29.2. The molecule has 3 fully saturated rings. The maximum atomic E-state index is 13.2. The minimum Gasteiger partial charge on any atom is -0.419 e. The number of hydrogen-bond donors (Lipinski definition) is 1. The third-order valence-electron chi connectivity index (χ3n) is 7.85. The maximum absolute atomic E-state index is 13.2. The number of aromatic nitrogens is 3. The molecule has 1 aliphatic heterocycles. The number of rotatable bonds is 5. The summed E-state index contributed by atoms with van der Waals surface area (Å²) in [5.41, 5.74) is -0.342. The van der Waals surface area contributed by atoms with Crippen molar-refractivity contribution in [3.63, 3.8) is 0 Å². The van der Waals surface area contributed by atoms with Crippen LogP contribution in [0.2, 0.25) is 0 Å². The van der Waals surface area contributed by atoms with Crippen LogP contribution in [0.15, 0.2) is 28.9 Å². The largest absolute Gasteiger partial charge is 0.419 e. The molecule has 0 radical (unpaired) electrons. The predicted octanol–water partition coefficient (Wildman–Crippen LogP) is 3.21. The normalized spacial score (nSPS) is 32.6. The number of carbonyl (C=O) groups is 1. The highest BCUT2D eigenvalue weighted by Gasteiger charge is 2.70. The first-order valence-corrected chi connectivity index (χ1v) is 11.7. The number of fused-ring (bicyclic) bond motifs is 2. The lowest BCUT2D eigenvalue weighted by Gasteiger charge is -2.46. The Bertz CT molecular complexity index is 994. The molecule has 5 unspecified atom stereocenters. The van der Waals surface area contributed by atoms with Crippen LogP contribution in [0.1, 0.15) is 57.9 Å². The second-order valence-electron chi connectivity index (χ2n) is 9.26. The van der Waals surface area contributed by atoms with E-state index < -0.39 is 21.9 Å². The molecule has 2 saturated carbocycles. The zero-order valence-corrected chi connectivity index (χ0v) is 18.0. The van der Waals surface area contributed by atoms with Crippen LogP contribution in [0.4, 0.5) is 0 Å². The number of nitrogens with zero attached hydrogens (tertiary/aromatic N) is 4. The highest BCUT2D eigenvalue weighted by Crippen LogP contribution is 2.67. The third-order valence-corrected chi connectivity index (χ3v) is 8.90.